The molecule has 7 nitrogen and oxygen atoms in total. The van der Waals surface area contributed by atoms with Crippen molar-refractivity contribution in [3.63, 3.8) is 0 Å². The van der Waals surface area contributed by atoms with E-state index in [0.29, 0.717) is 18.4 Å². The number of hydrogen-bond acceptors (Lipinski definition) is 5. The van der Waals surface area contributed by atoms with Gasteiger partial charge in [0, 0.05) is 18.7 Å². The summed E-state index contributed by atoms with van der Waals surface area (Å²) in [5, 5.41) is 10.8. The maximum Gasteiger partial charge on any atom is 0.270 e. The van der Waals surface area contributed by atoms with Crippen LogP contribution in [0.5, 0.6) is 5.75 Å². The quantitative estimate of drug-likeness (QED) is 0.441. The highest BCUT2D eigenvalue weighted by Gasteiger charge is 2.19. The minimum Gasteiger partial charge on any atom is -0.497 e. The lowest BCUT2D eigenvalue weighted by atomic mass is 10.1. The Morgan fingerprint density at radius 3 is 2.64 bits per heavy atom. The number of sulfonamides is 1. The molecule has 0 amide bonds. The van der Waals surface area contributed by atoms with Gasteiger partial charge in [-0.2, -0.15) is 0 Å². The van der Waals surface area contributed by atoms with Gasteiger partial charge in [0.1, 0.15) is 5.75 Å². The Bertz CT molecular complexity index is 865. The first kappa shape index (κ1) is 18.9. The van der Waals surface area contributed by atoms with E-state index in [1.165, 1.54) is 12.1 Å². The topological polar surface area (TPSA) is 98.5 Å². The van der Waals surface area contributed by atoms with Crippen LogP contribution in [0.15, 0.2) is 47.4 Å². The molecular weight excluding hydrogens is 344 g/mol. The summed E-state index contributed by atoms with van der Waals surface area (Å²) in [5.74, 6) is 0.755. The Balaban J connectivity index is 2.00. The van der Waals surface area contributed by atoms with Crippen LogP contribution in [-0.2, 0) is 16.4 Å². The van der Waals surface area contributed by atoms with E-state index in [-0.39, 0.29) is 17.1 Å². The third-order valence-corrected chi connectivity index (χ3v) is 5.34. The number of methoxy groups -OCH3 is 1. The van der Waals surface area contributed by atoms with E-state index in [2.05, 4.69) is 4.72 Å². The van der Waals surface area contributed by atoms with Gasteiger partial charge in [-0.15, -0.1) is 0 Å². The van der Waals surface area contributed by atoms with Crippen molar-refractivity contribution < 1.29 is 18.1 Å². The van der Waals surface area contributed by atoms with Crippen LogP contribution in [0.2, 0.25) is 0 Å². The number of hydrogen-bond donors (Lipinski definition) is 1. The molecule has 0 saturated heterocycles. The van der Waals surface area contributed by atoms with Gasteiger partial charge in [0.05, 0.1) is 16.9 Å². The predicted molar refractivity (Wildman–Crippen MR) is 94.3 cm³/mol. The second-order valence-corrected chi connectivity index (χ2v) is 7.30. The van der Waals surface area contributed by atoms with Crippen LogP contribution in [0, 0.1) is 17.0 Å². The van der Waals surface area contributed by atoms with E-state index >= 15 is 0 Å². The van der Waals surface area contributed by atoms with Gasteiger partial charge in [-0.1, -0.05) is 18.2 Å². The summed E-state index contributed by atoms with van der Waals surface area (Å²) in [4.78, 5) is 10.2. The number of aryl methyl sites for hydroxylation is 2. The summed E-state index contributed by atoms with van der Waals surface area (Å²) >= 11 is 0. The first-order valence-corrected chi connectivity index (χ1v) is 9.19. The van der Waals surface area contributed by atoms with E-state index < -0.39 is 14.9 Å². The maximum atomic E-state index is 12.4. The largest absolute Gasteiger partial charge is 0.497 e. The highest BCUT2D eigenvalue weighted by atomic mass is 32.2. The van der Waals surface area contributed by atoms with Crippen molar-refractivity contribution in [3.8, 4) is 5.75 Å². The monoisotopic (exact) mass is 364 g/mol. The zero-order valence-electron chi connectivity index (χ0n) is 14.1. The summed E-state index contributed by atoms with van der Waals surface area (Å²) in [6.45, 7) is 1.84. The lowest BCUT2D eigenvalue weighted by Gasteiger charge is -2.09. The molecule has 0 spiro atoms. The van der Waals surface area contributed by atoms with Crippen LogP contribution in [0.4, 0.5) is 5.69 Å². The average Bonchev–Trinajstić information content (AvgIpc) is 2.59. The van der Waals surface area contributed by atoms with Gasteiger partial charge < -0.3 is 4.74 Å². The van der Waals surface area contributed by atoms with Gasteiger partial charge in [0.25, 0.3) is 5.69 Å². The van der Waals surface area contributed by atoms with Crippen molar-refractivity contribution in [2.45, 2.75) is 24.7 Å². The minimum atomic E-state index is -3.79. The Labute approximate surface area is 146 Å². The fourth-order valence-corrected chi connectivity index (χ4v) is 3.73. The first-order chi connectivity index (χ1) is 11.8. The van der Waals surface area contributed by atoms with Gasteiger partial charge in [0.2, 0.25) is 10.0 Å². The van der Waals surface area contributed by atoms with E-state index in [4.69, 9.17) is 4.74 Å². The fraction of sp³-hybridized carbons (Fsp3) is 0.294. The summed E-state index contributed by atoms with van der Waals surface area (Å²) in [5.41, 5.74) is 1.26. The molecule has 0 aliphatic carbocycles. The van der Waals surface area contributed by atoms with Gasteiger partial charge in [-0.25, -0.2) is 13.1 Å². The molecule has 0 radical (unpaired) electrons. The molecule has 2 aromatic rings. The van der Waals surface area contributed by atoms with Crippen LogP contribution < -0.4 is 9.46 Å². The molecule has 134 valence electrons. The van der Waals surface area contributed by atoms with E-state index in [1.807, 2.05) is 24.3 Å². The zero-order chi connectivity index (χ0) is 18.4. The van der Waals surface area contributed by atoms with Crippen molar-refractivity contribution in [1.82, 2.24) is 4.72 Å². The SMILES string of the molecule is COc1cccc(CCCNS(=O)(=O)c2cc([N+](=O)[O-])ccc2C)c1. The smallest absolute Gasteiger partial charge is 0.270 e. The molecule has 0 bridgehead atoms. The Morgan fingerprint density at radius 2 is 1.96 bits per heavy atom. The van der Waals surface area contributed by atoms with Gasteiger partial charge in [-0.05, 0) is 43.0 Å². The van der Waals surface area contributed by atoms with E-state index in [1.54, 1.807) is 14.0 Å². The molecule has 0 aliphatic rings. The molecular formula is C17H20N2O5S. The highest BCUT2D eigenvalue weighted by molar-refractivity contribution is 7.89. The van der Waals surface area contributed by atoms with Crippen LogP contribution in [0.3, 0.4) is 0 Å². The van der Waals surface area contributed by atoms with E-state index in [0.717, 1.165) is 17.4 Å². The number of non-ortho nitro benzene ring substituents is 1. The Morgan fingerprint density at radius 1 is 1.20 bits per heavy atom. The predicted octanol–water partition coefficient (Wildman–Crippen LogP) is 2.82. The number of nitrogens with one attached hydrogen (secondary N) is 1. The Hall–Kier alpha value is -2.45. The lowest BCUT2D eigenvalue weighted by Crippen LogP contribution is -2.26. The van der Waals surface area contributed by atoms with E-state index in [9.17, 15) is 18.5 Å². The lowest BCUT2D eigenvalue weighted by molar-refractivity contribution is -0.385. The number of nitro benzene ring substituents is 1. The molecule has 0 atom stereocenters. The summed E-state index contributed by atoms with van der Waals surface area (Å²) < 4.78 is 32.4. The van der Waals surface area contributed by atoms with Crippen LogP contribution >= 0.6 is 0 Å². The van der Waals surface area contributed by atoms with Gasteiger partial charge in [0.15, 0.2) is 0 Å². The number of nitrogens with zero attached hydrogens (tertiary/aromatic N) is 1. The molecule has 0 unspecified atom stereocenters. The number of benzene rings is 2. The third kappa shape index (κ3) is 5.01. The molecule has 0 aliphatic heterocycles. The molecule has 0 saturated carbocycles. The molecule has 1 N–H and O–H groups in total. The summed E-state index contributed by atoms with van der Waals surface area (Å²) in [6, 6.07) is 11.4. The first-order valence-electron chi connectivity index (χ1n) is 7.71. The van der Waals surface area contributed by atoms with Crippen molar-refractivity contribution in [2.24, 2.45) is 0 Å². The van der Waals surface area contributed by atoms with Crippen molar-refractivity contribution in [1.29, 1.82) is 0 Å². The summed E-state index contributed by atoms with van der Waals surface area (Å²) in [7, 11) is -2.20. The molecule has 2 aromatic carbocycles. The maximum absolute atomic E-state index is 12.4. The van der Waals surface area contributed by atoms with Gasteiger partial charge in [-0.3, -0.25) is 10.1 Å². The summed E-state index contributed by atoms with van der Waals surface area (Å²) in [6.07, 6.45) is 1.29. The zero-order valence-corrected chi connectivity index (χ0v) is 14.9. The van der Waals surface area contributed by atoms with Gasteiger partial charge >= 0.3 is 0 Å². The highest BCUT2D eigenvalue weighted by Crippen LogP contribution is 2.21. The average molecular weight is 364 g/mol. The van der Waals surface area contributed by atoms with Crippen LogP contribution in [-0.4, -0.2) is 27.0 Å². The number of ether oxygens (including phenoxy) is 1. The van der Waals surface area contributed by atoms with Crippen molar-refractivity contribution >= 4 is 15.7 Å². The number of rotatable bonds is 8. The standard InChI is InChI=1S/C17H20N2O5S/c1-13-8-9-15(19(20)21)12-17(13)25(22,23)18-10-4-6-14-5-3-7-16(11-14)24-2/h3,5,7-9,11-12,18H,4,6,10H2,1-2H3. The molecule has 2 rings (SSSR count). The third-order valence-electron chi connectivity index (χ3n) is 3.74. The van der Waals surface area contributed by atoms with Crippen LogP contribution in [0.1, 0.15) is 17.5 Å². The second-order valence-electron chi connectivity index (χ2n) is 5.56. The normalized spacial score (nSPS) is 11.3. The van der Waals surface area contributed by atoms with Crippen LogP contribution in [0.25, 0.3) is 0 Å². The second kappa shape index (κ2) is 8.09. The van der Waals surface area contributed by atoms with Crippen molar-refractivity contribution in [3.05, 3.63) is 63.7 Å². The molecule has 8 heteroatoms. The molecule has 0 heterocycles. The molecule has 0 aromatic heterocycles. The Kier molecular flexibility index (Phi) is 6.11. The van der Waals surface area contributed by atoms with Crippen molar-refractivity contribution in [2.75, 3.05) is 13.7 Å². The molecule has 25 heavy (non-hydrogen) atoms. The minimum absolute atomic E-state index is 0.0666. The fourth-order valence-electron chi connectivity index (χ4n) is 2.40. The number of nitro groups is 1. The molecule has 0 fully saturated rings.